The maximum absolute atomic E-state index is 10.1. The van der Waals surface area contributed by atoms with Gasteiger partial charge in [-0.15, -0.1) is 0 Å². The second-order valence-corrected chi connectivity index (χ2v) is 4.26. The zero-order valence-electron chi connectivity index (χ0n) is 9.06. The Hall–Kier alpha value is -0.0400. The van der Waals surface area contributed by atoms with Gasteiger partial charge in [0.2, 0.25) is 0 Å². The van der Waals surface area contributed by atoms with Crippen molar-refractivity contribution in [2.24, 2.45) is 5.92 Å². The molecule has 1 atom stereocenters. The molecule has 0 aliphatic rings. The van der Waals surface area contributed by atoms with Gasteiger partial charge < -0.3 is 5.11 Å². The van der Waals surface area contributed by atoms with Crippen molar-refractivity contribution in [2.45, 2.75) is 65.4 Å². The van der Waals surface area contributed by atoms with Crippen molar-refractivity contribution >= 4 is 0 Å². The molecule has 0 amide bonds. The number of hydrogen-bond donors (Lipinski definition) is 1. The van der Waals surface area contributed by atoms with E-state index in [2.05, 4.69) is 27.7 Å². The molecule has 0 aromatic carbocycles. The first kappa shape index (κ1) is 12.0. The fraction of sp³-hybridized carbons (Fsp3) is 1.00. The summed E-state index contributed by atoms with van der Waals surface area (Å²) in [7, 11) is 0. The van der Waals surface area contributed by atoms with Crippen LogP contribution < -0.4 is 0 Å². The lowest BCUT2D eigenvalue weighted by Gasteiger charge is -2.27. The van der Waals surface area contributed by atoms with Crippen LogP contribution in [0.3, 0.4) is 0 Å². The van der Waals surface area contributed by atoms with Gasteiger partial charge in [0, 0.05) is 0 Å². The summed E-state index contributed by atoms with van der Waals surface area (Å²) >= 11 is 0. The quantitative estimate of drug-likeness (QED) is 0.651. The van der Waals surface area contributed by atoms with Crippen LogP contribution in [0, 0.1) is 5.92 Å². The maximum atomic E-state index is 10.1. The third kappa shape index (κ3) is 4.76. The Morgan fingerprint density at radius 1 is 1.17 bits per heavy atom. The van der Waals surface area contributed by atoms with Crippen LogP contribution in [-0.4, -0.2) is 10.7 Å². The van der Waals surface area contributed by atoms with Gasteiger partial charge in [-0.05, 0) is 31.6 Å². The molecule has 0 aromatic rings. The molecule has 0 aliphatic carbocycles. The first-order valence-corrected chi connectivity index (χ1v) is 5.26. The zero-order chi connectivity index (χ0) is 9.61. The van der Waals surface area contributed by atoms with E-state index in [-0.39, 0.29) is 5.60 Å². The van der Waals surface area contributed by atoms with Crippen LogP contribution in [-0.2, 0) is 0 Å². The minimum atomic E-state index is -0.376. The van der Waals surface area contributed by atoms with Crippen molar-refractivity contribution < 1.29 is 5.11 Å². The molecule has 1 nitrogen and oxygen atoms in total. The number of hydrogen-bond acceptors (Lipinski definition) is 1. The second kappa shape index (κ2) is 5.58. The van der Waals surface area contributed by atoms with Crippen LogP contribution in [0.2, 0.25) is 0 Å². The van der Waals surface area contributed by atoms with E-state index in [0.717, 1.165) is 32.1 Å². The summed E-state index contributed by atoms with van der Waals surface area (Å²) in [5.41, 5.74) is -0.376. The van der Waals surface area contributed by atoms with Crippen molar-refractivity contribution in [2.75, 3.05) is 0 Å². The lowest BCUT2D eigenvalue weighted by Crippen LogP contribution is -2.27. The van der Waals surface area contributed by atoms with Crippen molar-refractivity contribution in [3.8, 4) is 0 Å². The van der Waals surface area contributed by atoms with Gasteiger partial charge in [-0.1, -0.05) is 34.1 Å². The predicted molar refractivity (Wildman–Crippen MR) is 54.2 cm³/mol. The van der Waals surface area contributed by atoms with Gasteiger partial charge in [0.25, 0.3) is 0 Å². The molecule has 0 radical (unpaired) electrons. The Morgan fingerprint density at radius 3 is 2.08 bits per heavy atom. The second-order valence-electron chi connectivity index (χ2n) is 4.26. The molecule has 0 heterocycles. The topological polar surface area (TPSA) is 20.2 Å². The summed E-state index contributed by atoms with van der Waals surface area (Å²) in [5, 5.41) is 10.1. The van der Waals surface area contributed by atoms with Gasteiger partial charge in [-0.2, -0.15) is 0 Å². The van der Waals surface area contributed by atoms with Crippen molar-refractivity contribution in [1.29, 1.82) is 0 Å². The van der Waals surface area contributed by atoms with Crippen LogP contribution in [0.25, 0.3) is 0 Å². The highest BCUT2D eigenvalue weighted by Gasteiger charge is 2.22. The Balaban J connectivity index is 3.78. The number of rotatable bonds is 6. The smallest absolute Gasteiger partial charge is 0.0645 e. The molecule has 0 aromatic heterocycles. The molecule has 1 N–H and O–H groups in total. The summed E-state index contributed by atoms with van der Waals surface area (Å²) in [5.74, 6) is 0.708. The molecule has 0 saturated heterocycles. The molecule has 0 aliphatic heterocycles. The maximum Gasteiger partial charge on any atom is 0.0645 e. The molecule has 1 unspecified atom stereocenters. The van der Waals surface area contributed by atoms with E-state index >= 15 is 0 Å². The van der Waals surface area contributed by atoms with Crippen LogP contribution in [0.1, 0.15) is 59.8 Å². The van der Waals surface area contributed by atoms with E-state index < -0.39 is 0 Å². The Labute approximate surface area is 77.2 Å². The molecule has 0 saturated carbocycles. The third-order valence-electron chi connectivity index (χ3n) is 2.56. The van der Waals surface area contributed by atoms with Gasteiger partial charge in [0.15, 0.2) is 0 Å². The highest BCUT2D eigenvalue weighted by molar-refractivity contribution is 4.76. The standard InChI is InChI=1S/C11H24O/c1-5-8-11(12,6-2)9-7-10(3)4/h10,12H,5-9H2,1-4H3. The molecule has 0 rings (SSSR count). The molecular formula is C11H24O. The van der Waals surface area contributed by atoms with Gasteiger partial charge in [-0.3, -0.25) is 0 Å². The van der Waals surface area contributed by atoms with E-state index in [1.807, 2.05) is 0 Å². The molecular weight excluding hydrogens is 148 g/mol. The Bertz CT molecular complexity index is 110. The highest BCUT2D eigenvalue weighted by atomic mass is 16.3. The summed E-state index contributed by atoms with van der Waals surface area (Å²) in [4.78, 5) is 0. The summed E-state index contributed by atoms with van der Waals surface area (Å²) in [6.45, 7) is 8.63. The highest BCUT2D eigenvalue weighted by Crippen LogP contribution is 2.24. The lowest BCUT2D eigenvalue weighted by molar-refractivity contribution is 0.0134. The first-order valence-electron chi connectivity index (χ1n) is 5.26. The summed E-state index contributed by atoms with van der Waals surface area (Å²) in [6.07, 6.45) is 5.05. The van der Waals surface area contributed by atoms with Gasteiger partial charge in [-0.25, -0.2) is 0 Å². The van der Waals surface area contributed by atoms with Crippen LogP contribution in [0.4, 0.5) is 0 Å². The zero-order valence-corrected chi connectivity index (χ0v) is 9.06. The van der Waals surface area contributed by atoms with E-state index in [1.165, 1.54) is 0 Å². The molecule has 1 heteroatoms. The van der Waals surface area contributed by atoms with Gasteiger partial charge in [0.1, 0.15) is 0 Å². The average Bonchev–Trinajstić information content (AvgIpc) is 2.02. The lowest BCUT2D eigenvalue weighted by atomic mass is 9.87. The van der Waals surface area contributed by atoms with E-state index in [9.17, 15) is 5.11 Å². The molecule has 12 heavy (non-hydrogen) atoms. The van der Waals surface area contributed by atoms with Gasteiger partial charge >= 0.3 is 0 Å². The Morgan fingerprint density at radius 2 is 1.75 bits per heavy atom. The fourth-order valence-electron chi connectivity index (χ4n) is 1.50. The van der Waals surface area contributed by atoms with Crippen LogP contribution in [0.15, 0.2) is 0 Å². The minimum Gasteiger partial charge on any atom is -0.390 e. The molecule has 74 valence electrons. The van der Waals surface area contributed by atoms with Crippen molar-refractivity contribution in [1.82, 2.24) is 0 Å². The summed E-state index contributed by atoms with van der Waals surface area (Å²) in [6, 6.07) is 0. The van der Waals surface area contributed by atoms with E-state index in [0.29, 0.717) is 5.92 Å². The normalized spacial score (nSPS) is 16.5. The first-order chi connectivity index (χ1) is 5.54. The van der Waals surface area contributed by atoms with Crippen molar-refractivity contribution in [3.63, 3.8) is 0 Å². The Kier molecular flexibility index (Phi) is 5.56. The van der Waals surface area contributed by atoms with Crippen LogP contribution in [0.5, 0.6) is 0 Å². The largest absolute Gasteiger partial charge is 0.390 e. The molecule has 0 fully saturated rings. The van der Waals surface area contributed by atoms with E-state index in [4.69, 9.17) is 0 Å². The molecule has 0 spiro atoms. The number of aliphatic hydroxyl groups is 1. The van der Waals surface area contributed by atoms with Crippen LogP contribution >= 0.6 is 0 Å². The summed E-state index contributed by atoms with van der Waals surface area (Å²) < 4.78 is 0. The van der Waals surface area contributed by atoms with Gasteiger partial charge in [0.05, 0.1) is 5.60 Å². The SMILES string of the molecule is CCCC(O)(CC)CCC(C)C. The molecule has 0 bridgehead atoms. The third-order valence-corrected chi connectivity index (χ3v) is 2.56. The van der Waals surface area contributed by atoms with E-state index in [1.54, 1.807) is 0 Å². The van der Waals surface area contributed by atoms with Crippen molar-refractivity contribution in [3.05, 3.63) is 0 Å². The predicted octanol–water partition coefficient (Wildman–Crippen LogP) is 3.36. The fourth-order valence-corrected chi connectivity index (χ4v) is 1.50. The monoisotopic (exact) mass is 172 g/mol. The minimum absolute atomic E-state index is 0.376. The average molecular weight is 172 g/mol.